The van der Waals surface area contributed by atoms with Crippen LogP contribution in [-0.2, 0) is 0 Å². The third-order valence-corrected chi connectivity index (χ3v) is 10.2. The first kappa shape index (κ1) is 35.3. The largest absolute Gasteiger partial charge is 0.310 e. The van der Waals surface area contributed by atoms with E-state index in [9.17, 15) is 0 Å². The monoisotopic (exact) mass is 732 g/mol. The minimum Gasteiger partial charge on any atom is -0.310 e. The molecule has 0 atom stereocenters. The van der Waals surface area contributed by atoms with Crippen LogP contribution in [0.15, 0.2) is 206 Å². The molecular formula is C53H40N4. The third kappa shape index (κ3) is 7.75. The van der Waals surface area contributed by atoms with Gasteiger partial charge in [-0.15, -0.1) is 0 Å². The molecule has 0 saturated heterocycles. The molecule has 0 aliphatic heterocycles. The summed E-state index contributed by atoms with van der Waals surface area (Å²) < 4.78 is 0. The molecule has 4 nitrogen and oxygen atoms in total. The third-order valence-electron chi connectivity index (χ3n) is 10.2. The van der Waals surface area contributed by atoms with Crippen molar-refractivity contribution in [1.82, 2.24) is 15.0 Å². The highest BCUT2D eigenvalue weighted by atomic mass is 15.1. The number of hydrogen-bond acceptors (Lipinski definition) is 4. The molecule has 1 aromatic heterocycles. The second-order valence-electron chi connectivity index (χ2n) is 14.3. The van der Waals surface area contributed by atoms with Gasteiger partial charge in [0.15, 0.2) is 17.5 Å². The van der Waals surface area contributed by atoms with Gasteiger partial charge < -0.3 is 4.90 Å². The Morgan fingerprint density at radius 1 is 0.263 bits per heavy atom. The van der Waals surface area contributed by atoms with Crippen LogP contribution in [0.3, 0.4) is 0 Å². The van der Waals surface area contributed by atoms with Crippen LogP contribution in [0.4, 0.5) is 17.1 Å². The van der Waals surface area contributed by atoms with E-state index in [1.807, 2.05) is 60.7 Å². The van der Waals surface area contributed by atoms with Crippen molar-refractivity contribution in [3.63, 3.8) is 0 Å². The minimum atomic E-state index is 0.638. The molecule has 0 aliphatic rings. The molecule has 57 heavy (non-hydrogen) atoms. The van der Waals surface area contributed by atoms with Crippen molar-refractivity contribution in [2.24, 2.45) is 0 Å². The van der Waals surface area contributed by atoms with E-state index < -0.39 is 0 Å². The fraction of sp³-hybridized carbons (Fsp3) is 0.0377. The molecule has 8 aromatic carbocycles. The van der Waals surface area contributed by atoms with Gasteiger partial charge in [0.25, 0.3) is 0 Å². The molecule has 0 radical (unpaired) electrons. The Morgan fingerprint density at radius 3 is 1.04 bits per heavy atom. The molecule has 0 N–H and O–H groups in total. The molecule has 0 unspecified atom stereocenters. The van der Waals surface area contributed by atoms with Crippen molar-refractivity contribution >= 4 is 17.1 Å². The van der Waals surface area contributed by atoms with Crippen molar-refractivity contribution in [1.29, 1.82) is 0 Å². The van der Waals surface area contributed by atoms with Gasteiger partial charge in [-0.2, -0.15) is 0 Å². The average molecular weight is 733 g/mol. The molecule has 4 heteroatoms. The second kappa shape index (κ2) is 15.7. The summed E-state index contributed by atoms with van der Waals surface area (Å²) in [5, 5.41) is 0. The molecule has 1 heterocycles. The van der Waals surface area contributed by atoms with E-state index in [4.69, 9.17) is 15.0 Å². The lowest BCUT2D eigenvalue weighted by Gasteiger charge is -2.27. The van der Waals surface area contributed by atoms with E-state index in [-0.39, 0.29) is 0 Å². The van der Waals surface area contributed by atoms with Crippen LogP contribution in [-0.4, -0.2) is 15.0 Å². The van der Waals surface area contributed by atoms with E-state index in [1.54, 1.807) is 0 Å². The molecule has 0 amide bonds. The standard InChI is InChI=1S/C53H40N4/c1-37-31-45(35-47(33-37)53-55-51(43-19-11-5-12-20-43)54-52(56-53)44-21-13-6-14-22-44)46-32-38(2)34-50(36-46)57(48-27-23-41(24-28-48)39-15-7-3-8-16-39)49-29-25-42(26-30-49)40-17-9-4-10-18-40/h3-36H,1-2H3. The van der Waals surface area contributed by atoms with Gasteiger partial charge >= 0.3 is 0 Å². The SMILES string of the molecule is Cc1cc(-c2cc(C)cc(N(c3ccc(-c4ccccc4)cc3)c3ccc(-c4ccccc4)cc3)c2)cc(-c2nc(-c3ccccc3)nc(-c3ccccc3)n2)c1. The lowest BCUT2D eigenvalue weighted by Crippen LogP contribution is -2.10. The number of rotatable bonds is 9. The first-order valence-electron chi connectivity index (χ1n) is 19.3. The maximum Gasteiger partial charge on any atom is 0.164 e. The zero-order valence-electron chi connectivity index (χ0n) is 31.9. The zero-order valence-corrected chi connectivity index (χ0v) is 31.9. The fourth-order valence-corrected chi connectivity index (χ4v) is 7.39. The van der Waals surface area contributed by atoms with E-state index in [2.05, 4.69) is 164 Å². The maximum atomic E-state index is 5.05. The predicted molar refractivity (Wildman–Crippen MR) is 237 cm³/mol. The van der Waals surface area contributed by atoms with Crippen LogP contribution in [0.25, 0.3) is 67.5 Å². The highest BCUT2D eigenvalue weighted by Crippen LogP contribution is 2.40. The topological polar surface area (TPSA) is 41.9 Å². The van der Waals surface area contributed by atoms with Crippen LogP contribution in [0.5, 0.6) is 0 Å². The molecular weight excluding hydrogens is 693 g/mol. The second-order valence-corrected chi connectivity index (χ2v) is 14.3. The van der Waals surface area contributed by atoms with Gasteiger partial charge in [0.1, 0.15) is 0 Å². The molecule has 0 spiro atoms. The van der Waals surface area contributed by atoms with E-state index >= 15 is 0 Å². The summed E-state index contributed by atoms with van der Waals surface area (Å²) >= 11 is 0. The van der Waals surface area contributed by atoms with Crippen LogP contribution in [0.1, 0.15) is 11.1 Å². The van der Waals surface area contributed by atoms with Gasteiger partial charge in [-0.1, -0.05) is 158 Å². The van der Waals surface area contributed by atoms with Gasteiger partial charge in [-0.25, -0.2) is 15.0 Å². The van der Waals surface area contributed by atoms with Crippen LogP contribution in [0.2, 0.25) is 0 Å². The van der Waals surface area contributed by atoms with Crippen molar-refractivity contribution in [3.05, 3.63) is 217 Å². The highest BCUT2D eigenvalue weighted by Gasteiger charge is 2.17. The summed E-state index contributed by atoms with van der Waals surface area (Å²) in [6, 6.07) is 72.4. The average Bonchev–Trinajstić information content (AvgIpc) is 3.28. The highest BCUT2D eigenvalue weighted by molar-refractivity contribution is 5.84. The van der Waals surface area contributed by atoms with E-state index in [0.717, 1.165) is 56.0 Å². The Morgan fingerprint density at radius 2 is 0.596 bits per heavy atom. The number of nitrogens with zero attached hydrogens (tertiary/aromatic N) is 4. The van der Waals surface area contributed by atoms with Gasteiger partial charge in [-0.3, -0.25) is 0 Å². The summed E-state index contributed by atoms with van der Waals surface area (Å²) in [5.41, 5.74) is 15.3. The number of anilines is 3. The maximum absolute atomic E-state index is 5.05. The van der Waals surface area contributed by atoms with Gasteiger partial charge in [-0.05, 0) is 107 Å². The lowest BCUT2D eigenvalue weighted by atomic mass is 9.97. The molecule has 0 saturated carbocycles. The molecule has 9 rings (SSSR count). The number of aromatic nitrogens is 3. The van der Waals surface area contributed by atoms with Gasteiger partial charge in [0, 0.05) is 33.8 Å². The zero-order chi connectivity index (χ0) is 38.6. The number of benzene rings is 8. The predicted octanol–water partition coefficient (Wildman–Crippen LogP) is 14.0. The van der Waals surface area contributed by atoms with Gasteiger partial charge in [0.05, 0.1) is 0 Å². The Hall–Kier alpha value is -7.43. The summed E-state index contributed by atoms with van der Waals surface area (Å²) in [5.74, 6) is 1.93. The van der Waals surface area contributed by atoms with E-state index in [0.29, 0.717) is 17.5 Å². The Kier molecular flexibility index (Phi) is 9.74. The normalized spacial score (nSPS) is 11.0. The molecule has 0 bridgehead atoms. The van der Waals surface area contributed by atoms with Crippen molar-refractivity contribution in [3.8, 4) is 67.5 Å². The molecule has 9 aromatic rings. The Balaban J connectivity index is 1.15. The minimum absolute atomic E-state index is 0.638. The fourth-order valence-electron chi connectivity index (χ4n) is 7.39. The van der Waals surface area contributed by atoms with Crippen LogP contribution >= 0.6 is 0 Å². The number of aryl methyl sites for hydroxylation is 2. The van der Waals surface area contributed by atoms with Crippen molar-refractivity contribution < 1.29 is 0 Å². The summed E-state index contributed by atoms with van der Waals surface area (Å²) in [4.78, 5) is 17.4. The Labute approximate surface area is 334 Å². The lowest BCUT2D eigenvalue weighted by molar-refractivity contribution is 1.07. The molecule has 0 aliphatic carbocycles. The summed E-state index contributed by atoms with van der Waals surface area (Å²) in [6.07, 6.45) is 0. The summed E-state index contributed by atoms with van der Waals surface area (Å²) in [7, 11) is 0. The number of hydrogen-bond donors (Lipinski definition) is 0. The molecule has 0 fully saturated rings. The summed E-state index contributed by atoms with van der Waals surface area (Å²) in [6.45, 7) is 4.30. The first-order valence-corrected chi connectivity index (χ1v) is 19.3. The van der Waals surface area contributed by atoms with Crippen LogP contribution < -0.4 is 4.90 Å². The van der Waals surface area contributed by atoms with Crippen LogP contribution in [0, 0.1) is 13.8 Å². The van der Waals surface area contributed by atoms with E-state index in [1.165, 1.54) is 22.3 Å². The van der Waals surface area contributed by atoms with Crippen molar-refractivity contribution in [2.75, 3.05) is 4.90 Å². The molecule has 272 valence electrons. The Bertz CT molecular complexity index is 2630. The first-order chi connectivity index (χ1) is 28.0. The van der Waals surface area contributed by atoms with Gasteiger partial charge in [0.2, 0.25) is 0 Å². The smallest absolute Gasteiger partial charge is 0.164 e. The van der Waals surface area contributed by atoms with Crippen molar-refractivity contribution in [2.45, 2.75) is 13.8 Å². The quantitative estimate of drug-likeness (QED) is 0.148.